The Kier molecular flexibility index (Phi) is 4.49. The summed E-state index contributed by atoms with van der Waals surface area (Å²) in [5.74, 6) is 0.189. The minimum absolute atomic E-state index is 0.158. The van der Waals surface area contributed by atoms with Crippen LogP contribution in [0.1, 0.15) is 16.1 Å². The summed E-state index contributed by atoms with van der Waals surface area (Å²) in [5.41, 5.74) is 2.73. The summed E-state index contributed by atoms with van der Waals surface area (Å²) < 4.78 is 5.45. The molecule has 2 aromatic carbocycles. The SMILES string of the molecule is CN(Cc1cccc(Cl)c1)C(=O)c1occc1-c1ccccc1. The van der Waals surface area contributed by atoms with Crippen LogP contribution in [0.25, 0.3) is 11.1 Å². The zero-order valence-corrected chi connectivity index (χ0v) is 13.5. The molecular formula is C19H16ClNO2. The van der Waals surface area contributed by atoms with Crippen molar-refractivity contribution in [1.82, 2.24) is 4.90 Å². The second-order valence-corrected chi connectivity index (χ2v) is 5.76. The molecule has 1 amide bonds. The molecule has 3 aromatic rings. The van der Waals surface area contributed by atoms with Gasteiger partial charge in [-0.3, -0.25) is 4.79 Å². The third kappa shape index (κ3) is 3.46. The van der Waals surface area contributed by atoms with Gasteiger partial charge in [0.05, 0.1) is 6.26 Å². The molecule has 0 aliphatic carbocycles. The van der Waals surface area contributed by atoms with Gasteiger partial charge >= 0.3 is 0 Å². The Morgan fingerprint density at radius 2 is 1.87 bits per heavy atom. The van der Waals surface area contributed by atoms with Crippen molar-refractivity contribution in [3.05, 3.63) is 83.3 Å². The molecule has 0 aliphatic heterocycles. The molecule has 3 rings (SSSR count). The van der Waals surface area contributed by atoms with Gasteiger partial charge in [-0.15, -0.1) is 0 Å². The Morgan fingerprint density at radius 3 is 2.61 bits per heavy atom. The lowest BCUT2D eigenvalue weighted by Gasteiger charge is -2.17. The van der Waals surface area contributed by atoms with Crippen molar-refractivity contribution < 1.29 is 9.21 Å². The molecule has 3 nitrogen and oxygen atoms in total. The Labute approximate surface area is 140 Å². The van der Waals surface area contributed by atoms with E-state index in [2.05, 4.69) is 0 Å². The number of nitrogens with zero attached hydrogens (tertiary/aromatic N) is 1. The van der Waals surface area contributed by atoms with Crippen LogP contribution < -0.4 is 0 Å². The zero-order valence-electron chi connectivity index (χ0n) is 12.7. The first-order valence-corrected chi connectivity index (χ1v) is 7.66. The summed E-state index contributed by atoms with van der Waals surface area (Å²) in [6.45, 7) is 0.467. The first-order chi connectivity index (χ1) is 11.1. The van der Waals surface area contributed by atoms with E-state index in [1.54, 1.807) is 18.2 Å². The number of benzene rings is 2. The molecule has 0 saturated heterocycles. The summed E-state index contributed by atoms with van der Waals surface area (Å²) in [6.07, 6.45) is 1.54. The first-order valence-electron chi connectivity index (χ1n) is 7.28. The number of hydrogen-bond donors (Lipinski definition) is 0. The lowest BCUT2D eigenvalue weighted by Crippen LogP contribution is -2.26. The van der Waals surface area contributed by atoms with E-state index in [9.17, 15) is 4.79 Å². The van der Waals surface area contributed by atoms with Crippen LogP contribution in [0.4, 0.5) is 0 Å². The van der Waals surface area contributed by atoms with Crippen molar-refractivity contribution in [1.29, 1.82) is 0 Å². The molecule has 0 atom stereocenters. The summed E-state index contributed by atoms with van der Waals surface area (Å²) in [4.78, 5) is 14.3. The fourth-order valence-corrected chi connectivity index (χ4v) is 2.69. The molecule has 0 unspecified atom stereocenters. The molecule has 1 heterocycles. The molecule has 1 aromatic heterocycles. The van der Waals surface area contributed by atoms with Gasteiger partial charge in [-0.1, -0.05) is 54.1 Å². The third-order valence-electron chi connectivity index (χ3n) is 3.60. The van der Waals surface area contributed by atoms with Crippen LogP contribution in [0.15, 0.2) is 71.3 Å². The fourth-order valence-electron chi connectivity index (χ4n) is 2.47. The highest BCUT2D eigenvalue weighted by atomic mass is 35.5. The Balaban J connectivity index is 1.82. The monoisotopic (exact) mass is 325 g/mol. The third-order valence-corrected chi connectivity index (χ3v) is 3.83. The zero-order chi connectivity index (χ0) is 16.2. The Bertz CT molecular complexity index is 811. The van der Waals surface area contributed by atoms with Crippen LogP contribution in [-0.2, 0) is 6.54 Å². The smallest absolute Gasteiger partial charge is 0.290 e. The minimum Gasteiger partial charge on any atom is -0.459 e. The number of carbonyl (C=O) groups excluding carboxylic acids is 1. The van der Waals surface area contributed by atoms with Crippen LogP contribution in [0.2, 0.25) is 5.02 Å². The van der Waals surface area contributed by atoms with Gasteiger partial charge in [-0.25, -0.2) is 0 Å². The Morgan fingerprint density at radius 1 is 1.09 bits per heavy atom. The largest absolute Gasteiger partial charge is 0.459 e. The molecule has 0 saturated carbocycles. The quantitative estimate of drug-likeness (QED) is 0.685. The maximum atomic E-state index is 12.7. The van der Waals surface area contributed by atoms with E-state index in [0.717, 1.165) is 16.7 Å². The van der Waals surface area contributed by atoms with E-state index in [1.807, 2.05) is 60.7 Å². The predicted octanol–water partition coefficient (Wildman–Crippen LogP) is 4.87. The van der Waals surface area contributed by atoms with Crippen LogP contribution in [0.5, 0.6) is 0 Å². The van der Waals surface area contributed by atoms with E-state index in [1.165, 1.54) is 0 Å². The molecule has 0 bridgehead atoms. The minimum atomic E-state index is -0.158. The summed E-state index contributed by atoms with van der Waals surface area (Å²) in [5, 5.41) is 0.659. The van der Waals surface area contributed by atoms with Crippen molar-refractivity contribution in [2.24, 2.45) is 0 Å². The second-order valence-electron chi connectivity index (χ2n) is 5.32. The van der Waals surface area contributed by atoms with Gasteiger partial charge in [0.2, 0.25) is 0 Å². The average Bonchev–Trinajstić information content (AvgIpc) is 3.04. The maximum Gasteiger partial charge on any atom is 0.290 e. The van der Waals surface area contributed by atoms with E-state index in [4.69, 9.17) is 16.0 Å². The highest BCUT2D eigenvalue weighted by Crippen LogP contribution is 2.26. The highest BCUT2D eigenvalue weighted by molar-refractivity contribution is 6.30. The van der Waals surface area contributed by atoms with Crippen LogP contribution >= 0.6 is 11.6 Å². The number of amides is 1. The molecule has 23 heavy (non-hydrogen) atoms. The van der Waals surface area contributed by atoms with E-state index >= 15 is 0 Å². The molecule has 0 spiro atoms. The molecule has 4 heteroatoms. The topological polar surface area (TPSA) is 33.5 Å². The van der Waals surface area contributed by atoms with Gasteiger partial charge in [0.15, 0.2) is 5.76 Å². The van der Waals surface area contributed by atoms with Gasteiger partial charge in [0.25, 0.3) is 5.91 Å². The van der Waals surface area contributed by atoms with Crippen molar-refractivity contribution in [3.8, 4) is 11.1 Å². The average molecular weight is 326 g/mol. The van der Waals surface area contributed by atoms with E-state index in [-0.39, 0.29) is 5.91 Å². The summed E-state index contributed by atoms with van der Waals surface area (Å²) >= 11 is 5.99. The fraction of sp³-hybridized carbons (Fsp3) is 0.105. The number of hydrogen-bond acceptors (Lipinski definition) is 2. The number of furan rings is 1. The lowest BCUT2D eigenvalue weighted by molar-refractivity contribution is 0.0754. The van der Waals surface area contributed by atoms with Crippen molar-refractivity contribution in [2.75, 3.05) is 7.05 Å². The van der Waals surface area contributed by atoms with Gasteiger partial charge in [-0.05, 0) is 29.3 Å². The van der Waals surface area contributed by atoms with Gasteiger partial charge in [0, 0.05) is 24.2 Å². The molecule has 0 N–H and O–H groups in total. The van der Waals surface area contributed by atoms with Crippen molar-refractivity contribution in [2.45, 2.75) is 6.54 Å². The van der Waals surface area contributed by atoms with Gasteiger partial charge in [0.1, 0.15) is 0 Å². The second kappa shape index (κ2) is 6.71. The molecule has 0 radical (unpaired) electrons. The first kappa shape index (κ1) is 15.4. The lowest BCUT2D eigenvalue weighted by atomic mass is 10.1. The van der Waals surface area contributed by atoms with Crippen molar-refractivity contribution >= 4 is 17.5 Å². The molecule has 0 aliphatic rings. The predicted molar refractivity (Wildman–Crippen MR) is 91.4 cm³/mol. The van der Waals surface area contributed by atoms with Crippen LogP contribution in [0, 0.1) is 0 Å². The molecule has 116 valence electrons. The van der Waals surface area contributed by atoms with Crippen LogP contribution in [-0.4, -0.2) is 17.9 Å². The standard InChI is InChI=1S/C19H16ClNO2/c1-21(13-14-6-5-9-16(20)12-14)19(22)18-17(10-11-23-18)15-7-3-2-4-8-15/h2-12H,13H2,1H3. The van der Waals surface area contributed by atoms with E-state index < -0.39 is 0 Å². The van der Waals surface area contributed by atoms with Gasteiger partial charge < -0.3 is 9.32 Å². The normalized spacial score (nSPS) is 10.5. The number of halogens is 1. The highest BCUT2D eigenvalue weighted by Gasteiger charge is 2.20. The van der Waals surface area contributed by atoms with Gasteiger partial charge in [-0.2, -0.15) is 0 Å². The number of carbonyl (C=O) groups is 1. The number of rotatable bonds is 4. The molecular weight excluding hydrogens is 310 g/mol. The summed E-state index contributed by atoms with van der Waals surface area (Å²) in [7, 11) is 1.75. The Hall–Kier alpha value is -2.52. The summed E-state index contributed by atoms with van der Waals surface area (Å²) in [6, 6.07) is 19.0. The van der Waals surface area contributed by atoms with E-state index in [0.29, 0.717) is 17.3 Å². The van der Waals surface area contributed by atoms with Crippen molar-refractivity contribution in [3.63, 3.8) is 0 Å². The molecule has 0 fully saturated rings. The van der Waals surface area contributed by atoms with Crippen LogP contribution in [0.3, 0.4) is 0 Å². The maximum absolute atomic E-state index is 12.7.